The smallest absolute Gasteiger partial charge is 0.191 e. The number of benzene rings is 1. The van der Waals surface area contributed by atoms with Gasteiger partial charge in [-0.15, -0.1) is 35.3 Å². The average Bonchev–Trinajstić information content (AvgIpc) is 3.01. The van der Waals surface area contributed by atoms with Crippen LogP contribution in [0, 0.1) is 6.92 Å². The summed E-state index contributed by atoms with van der Waals surface area (Å²) in [6.07, 6.45) is 2.82. The molecule has 0 bridgehead atoms. The van der Waals surface area contributed by atoms with E-state index in [2.05, 4.69) is 60.6 Å². The lowest BCUT2D eigenvalue weighted by molar-refractivity contribution is 0.306. The Balaban J connectivity index is 0.00000364. The topological polar surface area (TPSA) is 52.6 Å². The van der Waals surface area contributed by atoms with Gasteiger partial charge in [-0.2, -0.15) is 0 Å². The van der Waals surface area contributed by atoms with E-state index in [1.807, 2.05) is 18.3 Å². The van der Waals surface area contributed by atoms with Crippen molar-refractivity contribution in [1.82, 2.24) is 20.5 Å². The van der Waals surface area contributed by atoms with E-state index in [4.69, 9.17) is 16.6 Å². The predicted molar refractivity (Wildman–Crippen MR) is 128 cm³/mol. The molecule has 1 aromatic heterocycles. The minimum absolute atomic E-state index is 0. The second-order valence-electron chi connectivity index (χ2n) is 6.29. The molecule has 5 nitrogen and oxygen atoms in total. The second-order valence-corrected chi connectivity index (χ2v) is 8.05. The molecule has 0 amide bonds. The van der Waals surface area contributed by atoms with E-state index in [1.165, 1.54) is 10.4 Å². The maximum absolute atomic E-state index is 6.01. The lowest BCUT2D eigenvalue weighted by Gasteiger charge is -2.23. The number of nitrogens with one attached hydrogen (secondary N) is 2. The standard InChI is InChI=1S/C19H28ClN5S.HI/c1-5-21-19(22-11-10-18-23-12-14(2)26-18)24-13-17(25(3)4)15-6-8-16(20)9-7-15;/h6-9,12,17H,5,10-11,13H2,1-4H3,(H2,21,22,24);1H. The van der Waals surface area contributed by atoms with E-state index in [0.717, 1.165) is 35.5 Å². The van der Waals surface area contributed by atoms with E-state index in [-0.39, 0.29) is 30.0 Å². The van der Waals surface area contributed by atoms with Gasteiger partial charge in [0.25, 0.3) is 0 Å². The average molecular weight is 522 g/mol. The first kappa shape index (κ1) is 24.1. The maximum Gasteiger partial charge on any atom is 0.191 e. The minimum Gasteiger partial charge on any atom is -0.357 e. The summed E-state index contributed by atoms with van der Waals surface area (Å²) in [6.45, 7) is 6.46. The van der Waals surface area contributed by atoms with Crippen molar-refractivity contribution in [1.29, 1.82) is 0 Å². The van der Waals surface area contributed by atoms with E-state index in [0.29, 0.717) is 6.54 Å². The number of likely N-dealkylation sites (N-methyl/N-ethyl adjacent to an activating group) is 1. The molecule has 1 atom stereocenters. The molecule has 8 heteroatoms. The molecule has 0 aliphatic rings. The maximum atomic E-state index is 6.01. The lowest BCUT2D eigenvalue weighted by Crippen LogP contribution is -2.39. The number of halogens is 2. The number of aryl methyl sites for hydroxylation is 1. The zero-order valence-corrected chi connectivity index (χ0v) is 20.2. The van der Waals surface area contributed by atoms with E-state index >= 15 is 0 Å². The van der Waals surface area contributed by atoms with Crippen LogP contribution in [0.15, 0.2) is 35.5 Å². The van der Waals surface area contributed by atoms with E-state index in [9.17, 15) is 0 Å². The van der Waals surface area contributed by atoms with Crippen molar-refractivity contribution in [2.75, 3.05) is 33.7 Å². The normalized spacial score (nSPS) is 12.6. The number of aliphatic imine (C=N–C) groups is 1. The molecular formula is C19H29ClIN5S. The number of rotatable bonds is 8. The number of aromatic nitrogens is 1. The Morgan fingerprint density at radius 1 is 1.26 bits per heavy atom. The molecule has 27 heavy (non-hydrogen) atoms. The van der Waals surface area contributed by atoms with Gasteiger partial charge < -0.3 is 15.5 Å². The highest BCUT2D eigenvalue weighted by Gasteiger charge is 2.14. The molecule has 2 rings (SSSR count). The molecule has 1 unspecified atom stereocenters. The first-order chi connectivity index (χ1) is 12.5. The van der Waals surface area contributed by atoms with Crippen LogP contribution < -0.4 is 10.6 Å². The van der Waals surface area contributed by atoms with Crippen molar-refractivity contribution < 1.29 is 0 Å². The van der Waals surface area contributed by atoms with Gasteiger partial charge in [0.1, 0.15) is 0 Å². The minimum atomic E-state index is 0. The Labute approximate surface area is 188 Å². The molecule has 2 N–H and O–H groups in total. The zero-order valence-electron chi connectivity index (χ0n) is 16.3. The monoisotopic (exact) mass is 521 g/mol. The Kier molecular flexibility index (Phi) is 11.2. The van der Waals surface area contributed by atoms with Crippen molar-refractivity contribution in [3.63, 3.8) is 0 Å². The van der Waals surface area contributed by atoms with Gasteiger partial charge in [-0.1, -0.05) is 23.7 Å². The Bertz CT molecular complexity index is 702. The van der Waals surface area contributed by atoms with Gasteiger partial charge >= 0.3 is 0 Å². The summed E-state index contributed by atoms with van der Waals surface area (Å²) in [4.78, 5) is 12.6. The third-order valence-electron chi connectivity index (χ3n) is 3.95. The number of thiazole rings is 1. The molecule has 0 saturated heterocycles. The van der Waals surface area contributed by atoms with Crippen LogP contribution in [0.2, 0.25) is 5.02 Å². The van der Waals surface area contributed by atoms with Crippen LogP contribution >= 0.6 is 46.9 Å². The Hall–Kier alpha value is -0.900. The van der Waals surface area contributed by atoms with Crippen LogP contribution in [-0.2, 0) is 6.42 Å². The zero-order chi connectivity index (χ0) is 18.9. The molecule has 0 fully saturated rings. The van der Waals surface area contributed by atoms with Crippen LogP contribution in [0.4, 0.5) is 0 Å². The van der Waals surface area contributed by atoms with E-state index in [1.54, 1.807) is 11.3 Å². The van der Waals surface area contributed by atoms with Crippen LogP contribution in [0.5, 0.6) is 0 Å². The summed E-state index contributed by atoms with van der Waals surface area (Å²) in [6, 6.07) is 8.18. The molecule has 2 aromatic rings. The number of nitrogens with zero attached hydrogens (tertiary/aromatic N) is 3. The van der Waals surface area contributed by atoms with Gasteiger partial charge in [-0.05, 0) is 45.6 Å². The quantitative estimate of drug-likeness (QED) is 0.312. The van der Waals surface area contributed by atoms with Gasteiger partial charge in [0.15, 0.2) is 5.96 Å². The molecule has 1 heterocycles. The van der Waals surface area contributed by atoms with Gasteiger partial charge in [0.05, 0.1) is 17.6 Å². The SMILES string of the molecule is CCNC(=NCC(c1ccc(Cl)cc1)N(C)C)NCCc1ncc(C)s1.I. The third-order valence-corrected chi connectivity index (χ3v) is 5.17. The molecular weight excluding hydrogens is 493 g/mol. The van der Waals surface area contributed by atoms with Crippen molar-refractivity contribution >= 4 is 52.9 Å². The Morgan fingerprint density at radius 2 is 1.96 bits per heavy atom. The number of guanidine groups is 1. The highest BCUT2D eigenvalue weighted by Crippen LogP contribution is 2.20. The number of hydrogen-bond donors (Lipinski definition) is 2. The molecule has 0 saturated carbocycles. The summed E-state index contributed by atoms with van der Waals surface area (Å²) >= 11 is 7.75. The molecule has 0 aliphatic carbocycles. The van der Waals surface area contributed by atoms with E-state index < -0.39 is 0 Å². The molecule has 0 spiro atoms. The highest BCUT2D eigenvalue weighted by atomic mass is 127. The third kappa shape index (κ3) is 8.33. The summed E-state index contributed by atoms with van der Waals surface area (Å²) in [7, 11) is 4.14. The molecule has 0 aliphatic heterocycles. The van der Waals surface area contributed by atoms with Crippen molar-refractivity contribution in [2.45, 2.75) is 26.3 Å². The molecule has 150 valence electrons. The highest BCUT2D eigenvalue weighted by molar-refractivity contribution is 14.0. The van der Waals surface area contributed by atoms with Gasteiger partial charge in [0.2, 0.25) is 0 Å². The van der Waals surface area contributed by atoms with Crippen molar-refractivity contribution in [3.8, 4) is 0 Å². The van der Waals surface area contributed by atoms with Crippen LogP contribution in [0.1, 0.15) is 28.4 Å². The lowest BCUT2D eigenvalue weighted by atomic mass is 10.1. The molecule has 1 aromatic carbocycles. The first-order valence-corrected chi connectivity index (χ1v) is 10.0. The van der Waals surface area contributed by atoms with Crippen LogP contribution in [0.3, 0.4) is 0 Å². The first-order valence-electron chi connectivity index (χ1n) is 8.85. The number of hydrogen-bond acceptors (Lipinski definition) is 4. The van der Waals surface area contributed by atoms with Crippen molar-refractivity contribution in [2.24, 2.45) is 4.99 Å². The second kappa shape index (κ2) is 12.5. The van der Waals surface area contributed by atoms with Crippen LogP contribution in [-0.4, -0.2) is 49.6 Å². The van der Waals surface area contributed by atoms with Crippen LogP contribution in [0.25, 0.3) is 0 Å². The summed E-state index contributed by atoms with van der Waals surface area (Å²) < 4.78 is 0. The summed E-state index contributed by atoms with van der Waals surface area (Å²) in [5, 5.41) is 8.61. The van der Waals surface area contributed by atoms with Gasteiger partial charge in [-0.25, -0.2) is 4.98 Å². The van der Waals surface area contributed by atoms with Gasteiger partial charge in [-0.3, -0.25) is 4.99 Å². The fraction of sp³-hybridized carbons (Fsp3) is 0.474. The van der Waals surface area contributed by atoms with Gasteiger partial charge in [0, 0.05) is 35.6 Å². The fourth-order valence-corrected chi connectivity index (χ4v) is 3.49. The Morgan fingerprint density at radius 3 is 2.52 bits per heavy atom. The fourth-order valence-electron chi connectivity index (χ4n) is 2.58. The summed E-state index contributed by atoms with van der Waals surface area (Å²) in [5.41, 5.74) is 1.21. The predicted octanol–water partition coefficient (Wildman–Crippen LogP) is 4.12. The largest absolute Gasteiger partial charge is 0.357 e. The summed E-state index contributed by atoms with van der Waals surface area (Å²) in [5.74, 6) is 0.835. The molecule has 0 radical (unpaired) electrons. The van der Waals surface area contributed by atoms with Crippen molar-refractivity contribution in [3.05, 3.63) is 50.9 Å².